The summed E-state index contributed by atoms with van der Waals surface area (Å²) in [4.78, 5) is 7.49. The van der Waals surface area contributed by atoms with Crippen molar-refractivity contribution < 1.29 is 9.57 Å². The lowest BCUT2D eigenvalue weighted by atomic mass is 10.2. The fourth-order valence-corrected chi connectivity index (χ4v) is 2.26. The molecule has 0 aromatic heterocycles. The first-order valence-electron chi connectivity index (χ1n) is 6.18. The predicted molar refractivity (Wildman–Crippen MR) is 84.3 cm³/mol. The van der Waals surface area contributed by atoms with Crippen LogP contribution in [0.3, 0.4) is 0 Å². The second-order valence-corrected chi connectivity index (χ2v) is 4.91. The quantitative estimate of drug-likeness (QED) is 0.470. The molecule has 1 aliphatic heterocycles. The first-order chi connectivity index (χ1) is 9.27. The van der Waals surface area contributed by atoms with Crippen molar-refractivity contribution in [3.05, 3.63) is 34.9 Å². The van der Waals surface area contributed by atoms with E-state index < -0.39 is 0 Å². The minimum absolute atomic E-state index is 0. The summed E-state index contributed by atoms with van der Waals surface area (Å²) < 4.78 is 5.27. The van der Waals surface area contributed by atoms with Crippen molar-refractivity contribution >= 4 is 40.8 Å². The number of oxime groups is 1. The fraction of sp³-hybridized carbons (Fsp3) is 0.462. The first kappa shape index (κ1) is 17.5. The molecule has 0 radical (unpaired) electrons. The molecule has 0 aliphatic carbocycles. The number of hydrogen-bond donors (Lipinski definition) is 0. The summed E-state index contributed by atoms with van der Waals surface area (Å²) in [6.07, 6.45) is 0. The second kappa shape index (κ2) is 9.42. The molecule has 1 aromatic rings. The highest BCUT2D eigenvalue weighted by molar-refractivity contribution is 6.70. The van der Waals surface area contributed by atoms with Gasteiger partial charge >= 0.3 is 0 Å². The number of morpholine rings is 1. The molecule has 1 aromatic carbocycles. The Bertz CT molecular complexity index is 437. The molecule has 0 saturated carbocycles. The van der Waals surface area contributed by atoms with E-state index in [1.807, 2.05) is 12.1 Å². The minimum Gasteiger partial charge on any atom is -0.393 e. The molecule has 1 fully saturated rings. The van der Waals surface area contributed by atoms with Crippen LogP contribution in [0.15, 0.2) is 29.4 Å². The van der Waals surface area contributed by atoms with Gasteiger partial charge in [0.25, 0.3) is 0 Å². The van der Waals surface area contributed by atoms with Gasteiger partial charge in [-0.15, -0.1) is 12.4 Å². The molecular formula is C13H17Cl3N2O2. The number of rotatable bonds is 5. The zero-order chi connectivity index (χ0) is 13.5. The number of benzene rings is 1. The molecule has 7 heteroatoms. The smallest absolute Gasteiger partial charge is 0.177 e. The third-order valence-electron chi connectivity index (χ3n) is 2.84. The van der Waals surface area contributed by atoms with Crippen LogP contribution in [0, 0.1) is 0 Å². The Morgan fingerprint density at radius 3 is 2.70 bits per heavy atom. The monoisotopic (exact) mass is 338 g/mol. The molecule has 4 nitrogen and oxygen atoms in total. The van der Waals surface area contributed by atoms with Crippen molar-refractivity contribution in [2.45, 2.75) is 0 Å². The number of halogens is 3. The number of hydrogen-bond acceptors (Lipinski definition) is 4. The lowest BCUT2D eigenvalue weighted by molar-refractivity contribution is 0.0213. The second-order valence-electron chi connectivity index (χ2n) is 4.15. The van der Waals surface area contributed by atoms with Crippen LogP contribution in [0.25, 0.3) is 0 Å². The molecule has 1 heterocycles. The molecule has 20 heavy (non-hydrogen) atoms. The molecule has 0 unspecified atom stereocenters. The third kappa shape index (κ3) is 5.46. The highest BCUT2D eigenvalue weighted by atomic mass is 35.5. The molecule has 112 valence electrons. The van der Waals surface area contributed by atoms with Crippen LogP contribution in [-0.2, 0) is 9.57 Å². The molecule has 0 bridgehead atoms. The third-order valence-corrected chi connectivity index (χ3v) is 3.45. The summed E-state index contributed by atoms with van der Waals surface area (Å²) in [5.74, 6) is 0. The first-order valence-corrected chi connectivity index (χ1v) is 6.93. The predicted octanol–water partition coefficient (Wildman–Crippen LogP) is 3.01. The van der Waals surface area contributed by atoms with Crippen LogP contribution in [0.2, 0.25) is 5.02 Å². The summed E-state index contributed by atoms with van der Waals surface area (Å²) in [6, 6.07) is 7.27. The largest absolute Gasteiger partial charge is 0.393 e. The van der Waals surface area contributed by atoms with E-state index in [9.17, 15) is 0 Å². The maximum atomic E-state index is 6.04. The van der Waals surface area contributed by atoms with Crippen molar-refractivity contribution in [1.29, 1.82) is 0 Å². The van der Waals surface area contributed by atoms with Gasteiger partial charge in [-0.05, 0) is 6.07 Å². The van der Waals surface area contributed by atoms with E-state index in [2.05, 4.69) is 10.1 Å². The van der Waals surface area contributed by atoms with Gasteiger partial charge in [0.1, 0.15) is 6.61 Å². The van der Waals surface area contributed by atoms with Crippen LogP contribution >= 0.6 is 35.6 Å². The molecule has 1 aliphatic rings. The van der Waals surface area contributed by atoms with Crippen molar-refractivity contribution in [3.8, 4) is 0 Å². The molecule has 0 spiro atoms. The van der Waals surface area contributed by atoms with Crippen LogP contribution in [0.5, 0.6) is 0 Å². The normalized spacial score (nSPS) is 16.6. The Morgan fingerprint density at radius 2 is 2.00 bits per heavy atom. The van der Waals surface area contributed by atoms with Gasteiger partial charge in [0.2, 0.25) is 0 Å². The minimum atomic E-state index is 0. The summed E-state index contributed by atoms with van der Waals surface area (Å²) in [7, 11) is 0. The van der Waals surface area contributed by atoms with Crippen LogP contribution in [0.1, 0.15) is 5.56 Å². The number of nitrogens with zero attached hydrogens (tertiary/aromatic N) is 2. The average molecular weight is 340 g/mol. The van der Waals surface area contributed by atoms with E-state index in [1.165, 1.54) is 0 Å². The molecule has 2 rings (SSSR count). The summed E-state index contributed by atoms with van der Waals surface area (Å²) >= 11 is 12.1. The van der Waals surface area contributed by atoms with E-state index in [1.54, 1.807) is 12.1 Å². The van der Waals surface area contributed by atoms with Crippen LogP contribution < -0.4 is 0 Å². The molecule has 0 atom stereocenters. The van der Waals surface area contributed by atoms with E-state index in [0.717, 1.165) is 32.8 Å². The van der Waals surface area contributed by atoms with Crippen molar-refractivity contribution in [2.75, 3.05) is 39.5 Å². The van der Waals surface area contributed by atoms with Gasteiger partial charge in [-0.3, -0.25) is 4.90 Å². The van der Waals surface area contributed by atoms with Crippen molar-refractivity contribution in [3.63, 3.8) is 0 Å². The lowest BCUT2D eigenvalue weighted by Gasteiger charge is -2.25. The Kier molecular flexibility index (Phi) is 8.26. The molecule has 0 amide bonds. The Balaban J connectivity index is 0.00000200. The van der Waals surface area contributed by atoms with Gasteiger partial charge in [-0.1, -0.05) is 46.6 Å². The van der Waals surface area contributed by atoms with E-state index in [4.69, 9.17) is 32.8 Å². The molecule has 1 saturated heterocycles. The van der Waals surface area contributed by atoms with Gasteiger partial charge < -0.3 is 9.57 Å². The Labute approximate surface area is 135 Å². The van der Waals surface area contributed by atoms with E-state index in [-0.39, 0.29) is 17.6 Å². The van der Waals surface area contributed by atoms with Gasteiger partial charge in [0, 0.05) is 25.2 Å². The van der Waals surface area contributed by atoms with E-state index >= 15 is 0 Å². The maximum Gasteiger partial charge on any atom is 0.177 e. The lowest BCUT2D eigenvalue weighted by Crippen LogP contribution is -2.38. The zero-order valence-electron chi connectivity index (χ0n) is 10.9. The highest BCUT2D eigenvalue weighted by Crippen LogP contribution is 2.17. The van der Waals surface area contributed by atoms with Gasteiger partial charge in [0.15, 0.2) is 5.17 Å². The van der Waals surface area contributed by atoms with Crippen LogP contribution in [0.4, 0.5) is 0 Å². The van der Waals surface area contributed by atoms with Crippen molar-refractivity contribution in [1.82, 2.24) is 4.90 Å². The van der Waals surface area contributed by atoms with Crippen LogP contribution in [-0.4, -0.2) is 49.5 Å². The van der Waals surface area contributed by atoms with Crippen molar-refractivity contribution in [2.24, 2.45) is 5.16 Å². The summed E-state index contributed by atoms with van der Waals surface area (Å²) in [5.41, 5.74) is 0.678. The SMILES string of the molecule is Cl.ClC(=NOCCN1CCOCC1)c1ccccc1Cl. The Morgan fingerprint density at radius 1 is 1.30 bits per heavy atom. The summed E-state index contributed by atoms with van der Waals surface area (Å²) in [5, 5.41) is 4.71. The van der Waals surface area contributed by atoms with Gasteiger partial charge in [-0.2, -0.15) is 0 Å². The number of ether oxygens (including phenoxy) is 1. The fourth-order valence-electron chi connectivity index (χ4n) is 1.77. The highest BCUT2D eigenvalue weighted by Gasteiger charge is 2.10. The topological polar surface area (TPSA) is 34.1 Å². The standard InChI is InChI=1S/C13H16Cl2N2O2.ClH/c14-12-4-2-1-3-11(12)13(15)16-19-10-7-17-5-8-18-9-6-17;/h1-4H,5-10H2;1H. The molecular weight excluding hydrogens is 323 g/mol. The zero-order valence-corrected chi connectivity index (χ0v) is 13.3. The van der Waals surface area contributed by atoms with E-state index in [0.29, 0.717) is 17.2 Å². The summed E-state index contributed by atoms with van der Waals surface area (Å²) in [6.45, 7) is 4.75. The molecule has 0 N–H and O–H groups in total. The van der Waals surface area contributed by atoms with Gasteiger partial charge in [-0.25, -0.2) is 0 Å². The maximum absolute atomic E-state index is 6.04. The Hall–Kier alpha value is -0.520. The van der Waals surface area contributed by atoms with Gasteiger partial charge in [0.05, 0.1) is 18.2 Å². The average Bonchev–Trinajstić information content (AvgIpc) is 2.45.